The van der Waals surface area contributed by atoms with Crippen LogP contribution in [0.25, 0.3) is 5.78 Å². The Morgan fingerprint density at radius 3 is 2.64 bits per heavy atom. The maximum absolute atomic E-state index is 13.3. The van der Waals surface area contributed by atoms with Gasteiger partial charge in [-0.25, -0.2) is 4.98 Å². The number of halogens is 3. The van der Waals surface area contributed by atoms with Crippen LogP contribution in [0, 0.1) is 0 Å². The van der Waals surface area contributed by atoms with E-state index < -0.39 is 11.9 Å². The topological polar surface area (TPSA) is 69.1 Å². The number of fused-ring (bicyclic) bond motifs is 1. The second kappa shape index (κ2) is 6.50. The minimum Gasteiger partial charge on any atom is -0.383 e. The smallest absolute Gasteiger partial charge is 0.383 e. The number of hydrogen-bond acceptors (Lipinski definition) is 4. The number of unbranched alkanes of at least 4 members (excludes halogenated alkanes) is 3. The van der Waals surface area contributed by atoms with E-state index in [1.807, 2.05) is 0 Å². The first-order valence-electron chi connectivity index (χ1n) is 7.42. The van der Waals surface area contributed by atoms with Crippen molar-refractivity contribution in [3.8, 4) is 0 Å². The van der Waals surface area contributed by atoms with E-state index in [9.17, 15) is 13.2 Å². The first-order chi connectivity index (χ1) is 10.4. The van der Waals surface area contributed by atoms with E-state index in [4.69, 9.17) is 5.73 Å². The number of hydrogen-bond donors (Lipinski definition) is 1. The largest absolute Gasteiger partial charge is 0.433 e. The van der Waals surface area contributed by atoms with Gasteiger partial charge in [-0.05, 0) is 12.3 Å². The van der Waals surface area contributed by atoms with Crippen LogP contribution in [-0.2, 0) is 6.18 Å². The maximum atomic E-state index is 13.3. The second-order valence-corrected chi connectivity index (χ2v) is 5.48. The summed E-state index contributed by atoms with van der Waals surface area (Å²) in [6.07, 6.45) is 1.24. The highest BCUT2D eigenvalue weighted by Gasteiger charge is 2.39. The molecule has 0 aromatic carbocycles. The summed E-state index contributed by atoms with van der Waals surface area (Å²) in [5.41, 5.74) is 4.98. The lowest BCUT2D eigenvalue weighted by molar-refractivity contribution is -0.141. The number of nitrogen functional groups attached to an aromatic ring is 1. The van der Waals surface area contributed by atoms with E-state index >= 15 is 0 Å². The summed E-state index contributed by atoms with van der Waals surface area (Å²) in [6.45, 7) is 3.84. The summed E-state index contributed by atoms with van der Waals surface area (Å²) < 4.78 is 41.0. The van der Waals surface area contributed by atoms with Crippen molar-refractivity contribution in [3.05, 3.63) is 17.6 Å². The van der Waals surface area contributed by atoms with Crippen LogP contribution < -0.4 is 5.73 Å². The summed E-state index contributed by atoms with van der Waals surface area (Å²) in [5, 5.41) is 3.84. The van der Waals surface area contributed by atoms with Gasteiger partial charge in [0.25, 0.3) is 5.78 Å². The number of nitrogens with two attached hydrogens (primary N) is 1. The molecule has 2 heterocycles. The fourth-order valence-electron chi connectivity index (χ4n) is 2.60. The molecular formula is C14H20F3N5. The minimum absolute atomic E-state index is 0.0157. The average Bonchev–Trinajstić information content (AvgIpc) is 2.91. The Morgan fingerprint density at radius 1 is 1.27 bits per heavy atom. The number of anilines is 1. The molecule has 2 aromatic heterocycles. The van der Waals surface area contributed by atoms with Crippen molar-refractivity contribution in [1.82, 2.24) is 19.6 Å². The number of aromatic nitrogens is 4. The first-order valence-corrected chi connectivity index (χ1v) is 7.42. The Labute approximate surface area is 126 Å². The SMILES string of the molecule is CCCCCCC(C)c1c(C(F)(F)F)nc2ncnn2c1N. The summed E-state index contributed by atoms with van der Waals surface area (Å²) >= 11 is 0. The Bertz CT molecular complexity index is 635. The molecule has 8 heteroatoms. The average molecular weight is 315 g/mol. The molecule has 0 bridgehead atoms. The van der Waals surface area contributed by atoms with E-state index in [1.165, 1.54) is 0 Å². The summed E-state index contributed by atoms with van der Waals surface area (Å²) in [7, 11) is 0. The van der Waals surface area contributed by atoms with E-state index in [-0.39, 0.29) is 23.1 Å². The molecule has 5 nitrogen and oxygen atoms in total. The first kappa shape index (κ1) is 16.5. The molecule has 0 amide bonds. The van der Waals surface area contributed by atoms with Gasteiger partial charge in [0.05, 0.1) is 0 Å². The minimum atomic E-state index is -4.56. The lowest BCUT2D eigenvalue weighted by atomic mass is 9.93. The van der Waals surface area contributed by atoms with E-state index in [1.54, 1.807) is 6.92 Å². The number of rotatable bonds is 6. The van der Waals surface area contributed by atoms with Crippen molar-refractivity contribution in [2.45, 2.75) is 58.0 Å². The van der Waals surface area contributed by atoms with Crippen molar-refractivity contribution in [3.63, 3.8) is 0 Å². The standard InChI is InChI=1S/C14H20F3N5/c1-3-4-5-6-7-9(2)10-11(14(15,16)17)21-13-19-8-20-22(13)12(10)18/h8-9H,3-7,18H2,1-2H3. The molecule has 122 valence electrons. The maximum Gasteiger partial charge on any atom is 0.433 e. The van der Waals surface area contributed by atoms with Crippen molar-refractivity contribution < 1.29 is 13.2 Å². The van der Waals surface area contributed by atoms with Crippen LogP contribution in [0.3, 0.4) is 0 Å². The van der Waals surface area contributed by atoms with Crippen LogP contribution in [0.15, 0.2) is 6.33 Å². The molecule has 2 rings (SSSR count). The van der Waals surface area contributed by atoms with Crippen molar-refractivity contribution >= 4 is 11.6 Å². The molecule has 0 saturated heterocycles. The number of alkyl halides is 3. The van der Waals surface area contributed by atoms with Gasteiger partial charge in [-0.1, -0.05) is 39.5 Å². The van der Waals surface area contributed by atoms with Gasteiger partial charge < -0.3 is 5.73 Å². The molecule has 0 aliphatic heterocycles. The van der Waals surface area contributed by atoms with Crippen LogP contribution in [0.1, 0.15) is 63.1 Å². The highest BCUT2D eigenvalue weighted by atomic mass is 19.4. The van der Waals surface area contributed by atoms with E-state index in [0.29, 0.717) is 6.42 Å². The summed E-state index contributed by atoms with van der Waals surface area (Å²) in [5.74, 6) is -0.501. The van der Waals surface area contributed by atoms with Gasteiger partial charge in [0.1, 0.15) is 12.1 Å². The van der Waals surface area contributed by atoms with E-state index in [2.05, 4.69) is 22.0 Å². The van der Waals surface area contributed by atoms with Crippen LogP contribution in [0.4, 0.5) is 19.0 Å². The van der Waals surface area contributed by atoms with Gasteiger partial charge in [0, 0.05) is 5.56 Å². The normalized spacial score (nSPS) is 13.7. The molecule has 0 saturated carbocycles. The predicted molar refractivity (Wildman–Crippen MR) is 77.4 cm³/mol. The third-order valence-corrected chi connectivity index (χ3v) is 3.75. The molecule has 0 aliphatic carbocycles. The van der Waals surface area contributed by atoms with Crippen molar-refractivity contribution in [2.24, 2.45) is 0 Å². The zero-order chi connectivity index (χ0) is 16.3. The Hall–Kier alpha value is -1.86. The Morgan fingerprint density at radius 2 is 2.00 bits per heavy atom. The molecule has 2 aromatic rings. The van der Waals surface area contributed by atoms with Crippen LogP contribution in [-0.4, -0.2) is 19.6 Å². The zero-order valence-electron chi connectivity index (χ0n) is 12.7. The summed E-state index contributed by atoms with van der Waals surface area (Å²) in [4.78, 5) is 7.32. The third-order valence-electron chi connectivity index (χ3n) is 3.75. The molecule has 2 N–H and O–H groups in total. The fraction of sp³-hybridized carbons (Fsp3) is 0.643. The molecular weight excluding hydrogens is 295 g/mol. The highest BCUT2D eigenvalue weighted by Crippen LogP contribution is 2.38. The van der Waals surface area contributed by atoms with Crippen LogP contribution in [0.2, 0.25) is 0 Å². The van der Waals surface area contributed by atoms with Crippen LogP contribution >= 0.6 is 0 Å². The van der Waals surface area contributed by atoms with Gasteiger partial charge in [-0.2, -0.15) is 27.8 Å². The van der Waals surface area contributed by atoms with Gasteiger partial charge in [-0.3, -0.25) is 0 Å². The summed E-state index contributed by atoms with van der Waals surface area (Å²) in [6, 6.07) is 0. The quantitative estimate of drug-likeness (QED) is 0.823. The highest BCUT2D eigenvalue weighted by molar-refractivity contribution is 5.51. The monoisotopic (exact) mass is 315 g/mol. The molecule has 0 radical (unpaired) electrons. The fourth-order valence-corrected chi connectivity index (χ4v) is 2.60. The molecule has 1 atom stereocenters. The Balaban J connectivity index is 2.39. The Kier molecular flexibility index (Phi) is 4.87. The predicted octanol–water partition coefficient (Wildman–Crippen LogP) is 3.80. The third kappa shape index (κ3) is 3.31. The molecule has 22 heavy (non-hydrogen) atoms. The molecule has 1 unspecified atom stereocenters. The van der Waals surface area contributed by atoms with Gasteiger partial charge >= 0.3 is 6.18 Å². The van der Waals surface area contributed by atoms with Gasteiger partial charge in [-0.15, -0.1) is 0 Å². The lowest BCUT2D eigenvalue weighted by Crippen LogP contribution is -2.19. The second-order valence-electron chi connectivity index (χ2n) is 5.48. The molecule has 0 fully saturated rings. The lowest BCUT2D eigenvalue weighted by Gasteiger charge is -2.19. The zero-order valence-corrected chi connectivity index (χ0v) is 12.7. The number of nitrogens with zero attached hydrogens (tertiary/aromatic N) is 4. The van der Waals surface area contributed by atoms with E-state index in [0.717, 1.165) is 36.5 Å². The molecule has 0 aliphatic rings. The van der Waals surface area contributed by atoms with Gasteiger partial charge in [0.2, 0.25) is 0 Å². The van der Waals surface area contributed by atoms with Crippen LogP contribution in [0.5, 0.6) is 0 Å². The van der Waals surface area contributed by atoms with Crippen molar-refractivity contribution in [2.75, 3.05) is 5.73 Å². The van der Waals surface area contributed by atoms with Crippen molar-refractivity contribution in [1.29, 1.82) is 0 Å². The van der Waals surface area contributed by atoms with Gasteiger partial charge in [0.15, 0.2) is 5.69 Å². The molecule has 0 spiro atoms.